The van der Waals surface area contributed by atoms with Gasteiger partial charge in [-0.1, -0.05) is 12.1 Å². The molecule has 0 aliphatic heterocycles. The molecule has 20 heavy (non-hydrogen) atoms. The molecule has 1 aromatic heterocycles. The maximum absolute atomic E-state index is 12.4. The Morgan fingerprint density at radius 2 is 1.85 bits per heavy atom. The van der Waals surface area contributed by atoms with Crippen LogP contribution in [-0.4, -0.2) is 11.7 Å². The van der Waals surface area contributed by atoms with E-state index in [4.69, 9.17) is 4.42 Å². The number of nitrogens with one attached hydrogen (secondary N) is 1. The molecule has 108 valence electrons. The highest BCUT2D eigenvalue weighted by Crippen LogP contribution is 2.29. The lowest BCUT2D eigenvalue weighted by atomic mass is 10.1. The van der Waals surface area contributed by atoms with Gasteiger partial charge in [-0.15, -0.1) is 0 Å². The van der Waals surface area contributed by atoms with Crippen molar-refractivity contribution in [3.63, 3.8) is 0 Å². The van der Waals surface area contributed by atoms with Crippen molar-refractivity contribution in [3.8, 4) is 0 Å². The van der Waals surface area contributed by atoms with E-state index in [2.05, 4.69) is 5.32 Å². The second-order valence-electron chi connectivity index (χ2n) is 4.35. The van der Waals surface area contributed by atoms with Crippen molar-refractivity contribution < 1.29 is 22.7 Å². The predicted octanol–water partition coefficient (Wildman–Crippen LogP) is 3.12. The fourth-order valence-electron chi connectivity index (χ4n) is 1.76. The molecule has 2 rings (SSSR count). The third-order valence-electron chi connectivity index (χ3n) is 2.84. The van der Waals surface area contributed by atoms with Crippen molar-refractivity contribution in [3.05, 3.63) is 59.5 Å². The van der Waals surface area contributed by atoms with Gasteiger partial charge in [0.2, 0.25) is 0 Å². The molecule has 0 spiro atoms. The number of aliphatic hydroxyl groups is 1. The number of halogens is 3. The Balaban J connectivity index is 1.87. The number of rotatable bonds is 5. The molecule has 0 aliphatic rings. The Bertz CT molecular complexity index is 520. The summed E-state index contributed by atoms with van der Waals surface area (Å²) < 4.78 is 42.3. The van der Waals surface area contributed by atoms with Crippen LogP contribution in [0.5, 0.6) is 0 Å². The first-order valence-corrected chi connectivity index (χ1v) is 6.05. The van der Waals surface area contributed by atoms with E-state index in [1.807, 2.05) is 0 Å². The van der Waals surface area contributed by atoms with E-state index in [1.54, 1.807) is 18.4 Å². The lowest BCUT2D eigenvalue weighted by molar-refractivity contribution is -0.137. The maximum atomic E-state index is 12.4. The highest BCUT2D eigenvalue weighted by Gasteiger charge is 2.30. The van der Waals surface area contributed by atoms with Crippen molar-refractivity contribution in [1.29, 1.82) is 0 Å². The van der Waals surface area contributed by atoms with Crippen LogP contribution in [0.4, 0.5) is 13.2 Å². The van der Waals surface area contributed by atoms with Gasteiger partial charge < -0.3 is 14.8 Å². The van der Waals surface area contributed by atoms with Gasteiger partial charge in [0.15, 0.2) is 0 Å². The summed E-state index contributed by atoms with van der Waals surface area (Å²) in [4.78, 5) is 0. The van der Waals surface area contributed by atoms with Crippen molar-refractivity contribution in [2.45, 2.75) is 18.8 Å². The van der Waals surface area contributed by atoms with Gasteiger partial charge in [-0.05, 0) is 29.8 Å². The molecule has 0 aliphatic carbocycles. The molecule has 3 nitrogen and oxygen atoms in total. The van der Waals surface area contributed by atoms with Crippen LogP contribution in [0.1, 0.15) is 23.0 Å². The molecular weight excluding hydrogens is 271 g/mol. The number of aliphatic hydroxyl groups excluding tert-OH is 1. The predicted molar refractivity (Wildman–Crippen MR) is 66.8 cm³/mol. The molecule has 2 N–H and O–H groups in total. The van der Waals surface area contributed by atoms with Crippen LogP contribution in [0, 0.1) is 0 Å². The van der Waals surface area contributed by atoms with Crippen LogP contribution in [-0.2, 0) is 12.7 Å². The van der Waals surface area contributed by atoms with Gasteiger partial charge in [-0.3, -0.25) is 0 Å². The van der Waals surface area contributed by atoms with Gasteiger partial charge in [-0.25, -0.2) is 0 Å². The Morgan fingerprint density at radius 3 is 2.40 bits per heavy atom. The van der Waals surface area contributed by atoms with Gasteiger partial charge in [0.05, 0.1) is 24.5 Å². The summed E-state index contributed by atoms with van der Waals surface area (Å²) in [6.45, 7) is 0.677. The molecule has 1 atom stereocenters. The summed E-state index contributed by atoms with van der Waals surface area (Å²) in [5, 5.41) is 12.8. The first kappa shape index (κ1) is 14.6. The monoisotopic (exact) mass is 285 g/mol. The van der Waals surface area contributed by atoms with Crippen molar-refractivity contribution in [1.82, 2.24) is 5.32 Å². The molecular formula is C14H14F3NO2. The van der Waals surface area contributed by atoms with Crippen LogP contribution < -0.4 is 5.32 Å². The van der Waals surface area contributed by atoms with Gasteiger partial charge >= 0.3 is 6.18 Å². The molecule has 6 heteroatoms. The molecule has 0 saturated heterocycles. The Morgan fingerprint density at radius 1 is 1.15 bits per heavy atom. The summed E-state index contributed by atoms with van der Waals surface area (Å²) in [6, 6.07) is 8.03. The summed E-state index contributed by atoms with van der Waals surface area (Å²) in [7, 11) is 0. The zero-order valence-electron chi connectivity index (χ0n) is 10.5. The van der Waals surface area contributed by atoms with Gasteiger partial charge in [0, 0.05) is 6.54 Å². The van der Waals surface area contributed by atoms with Crippen LogP contribution in [0.2, 0.25) is 0 Å². The lowest BCUT2D eigenvalue weighted by Gasteiger charge is -2.13. The van der Waals surface area contributed by atoms with Crippen LogP contribution in [0.25, 0.3) is 0 Å². The minimum absolute atomic E-state index is 0.228. The van der Waals surface area contributed by atoms with Crippen LogP contribution >= 0.6 is 0 Å². The average molecular weight is 285 g/mol. The van der Waals surface area contributed by atoms with Crippen molar-refractivity contribution in [2.24, 2.45) is 0 Å². The van der Waals surface area contributed by atoms with E-state index in [9.17, 15) is 18.3 Å². The SMILES string of the molecule is OC(CNCc1ccco1)c1ccc(C(F)(F)F)cc1. The van der Waals surface area contributed by atoms with Gasteiger partial charge in [0.1, 0.15) is 5.76 Å². The standard InChI is InChI=1S/C14H14F3NO2/c15-14(16,17)11-5-3-10(4-6-11)13(19)9-18-8-12-2-1-7-20-12/h1-7,13,18-19H,8-9H2. The van der Waals surface area contributed by atoms with Crippen LogP contribution in [0.3, 0.4) is 0 Å². The third kappa shape index (κ3) is 3.85. The summed E-state index contributed by atoms with van der Waals surface area (Å²) in [6.07, 6.45) is -3.68. The van der Waals surface area contributed by atoms with E-state index in [0.29, 0.717) is 12.1 Å². The van der Waals surface area contributed by atoms with E-state index < -0.39 is 17.8 Å². The number of hydrogen-bond acceptors (Lipinski definition) is 3. The minimum Gasteiger partial charge on any atom is -0.468 e. The topological polar surface area (TPSA) is 45.4 Å². The van der Waals surface area contributed by atoms with E-state index >= 15 is 0 Å². The highest BCUT2D eigenvalue weighted by molar-refractivity contribution is 5.26. The maximum Gasteiger partial charge on any atom is 0.416 e. The Kier molecular flexibility index (Phi) is 4.46. The molecule has 0 amide bonds. The average Bonchev–Trinajstić information content (AvgIpc) is 2.91. The lowest BCUT2D eigenvalue weighted by Crippen LogP contribution is -2.20. The van der Waals surface area contributed by atoms with E-state index in [-0.39, 0.29) is 6.54 Å². The normalized spacial score (nSPS) is 13.4. The zero-order valence-corrected chi connectivity index (χ0v) is 10.5. The summed E-state index contributed by atoms with van der Waals surface area (Å²) >= 11 is 0. The summed E-state index contributed by atoms with van der Waals surface area (Å²) in [5.74, 6) is 0.726. The fraction of sp³-hybridized carbons (Fsp3) is 0.286. The smallest absolute Gasteiger partial charge is 0.416 e. The van der Waals surface area contributed by atoms with Gasteiger partial charge in [0.25, 0.3) is 0 Å². The van der Waals surface area contributed by atoms with E-state index in [0.717, 1.165) is 17.9 Å². The number of alkyl halides is 3. The minimum atomic E-state index is -4.36. The third-order valence-corrected chi connectivity index (χ3v) is 2.84. The molecule has 0 fully saturated rings. The highest BCUT2D eigenvalue weighted by atomic mass is 19.4. The van der Waals surface area contributed by atoms with Crippen molar-refractivity contribution >= 4 is 0 Å². The fourth-order valence-corrected chi connectivity index (χ4v) is 1.76. The first-order valence-electron chi connectivity index (χ1n) is 6.05. The molecule has 1 aromatic carbocycles. The van der Waals surface area contributed by atoms with Crippen molar-refractivity contribution in [2.75, 3.05) is 6.54 Å². The Hall–Kier alpha value is -1.79. The number of furan rings is 1. The molecule has 0 saturated carbocycles. The number of hydrogen-bond donors (Lipinski definition) is 2. The molecule has 0 radical (unpaired) electrons. The first-order chi connectivity index (χ1) is 9.47. The second-order valence-corrected chi connectivity index (χ2v) is 4.35. The molecule has 0 bridgehead atoms. The largest absolute Gasteiger partial charge is 0.468 e. The zero-order chi connectivity index (χ0) is 14.6. The summed E-state index contributed by atoms with van der Waals surface area (Å²) in [5.41, 5.74) is -0.290. The quantitative estimate of drug-likeness (QED) is 0.887. The molecule has 1 heterocycles. The second kappa shape index (κ2) is 6.11. The van der Waals surface area contributed by atoms with Crippen LogP contribution in [0.15, 0.2) is 47.1 Å². The van der Waals surface area contributed by atoms with Gasteiger partial charge in [-0.2, -0.15) is 13.2 Å². The molecule has 1 unspecified atom stereocenters. The van der Waals surface area contributed by atoms with E-state index in [1.165, 1.54) is 12.1 Å². The Labute approximate surface area is 114 Å². The molecule has 2 aromatic rings. The number of benzene rings is 1.